The van der Waals surface area contributed by atoms with E-state index in [-0.39, 0.29) is 30.4 Å². The molecule has 0 aliphatic carbocycles. The van der Waals surface area contributed by atoms with Crippen LogP contribution in [0.25, 0.3) is 43.1 Å². The van der Waals surface area contributed by atoms with Gasteiger partial charge in [-0.15, -0.1) is 0 Å². The number of fused-ring (bicyclic) bond motifs is 2. The van der Waals surface area contributed by atoms with E-state index in [1.165, 1.54) is 12.8 Å². The van der Waals surface area contributed by atoms with E-state index < -0.39 is 0 Å². The maximum absolute atomic E-state index is 14.2. The lowest BCUT2D eigenvalue weighted by molar-refractivity contribution is 0.0461. The van der Waals surface area contributed by atoms with Crippen molar-refractivity contribution in [2.75, 3.05) is 0 Å². The van der Waals surface area contributed by atoms with E-state index in [0.717, 1.165) is 100 Å². The van der Waals surface area contributed by atoms with Crippen molar-refractivity contribution in [1.82, 2.24) is 4.90 Å². The largest absolute Gasteiger partial charge is 0.457 e. The quantitative estimate of drug-likeness (QED) is 0.0532. The molecule has 0 bridgehead atoms. The summed E-state index contributed by atoms with van der Waals surface area (Å²) in [5, 5.41) is 7.80. The van der Waals surface area contributed by atoms with Crippen LogP contribution in [0.4, 0.5) is 0 Å². The van der Waals surface area contributed by atoms with Gasteiger partial charge in [0.05, 0.1) is 5.56 Å². The molecule has 2 amide bonds. The first-order valence-corrected chi connectivity index (χ1v) is 15.8. The lowest BCUT2D eigenvalue weighted by Gasteiger charge is -2.35. The highest BCUT2D eigenvalue weighted by molar-refractivity contribution is 6.39. The molecule has 2 aliphatic rings. The van der Waals surface area contributed by atoms with Gasteiger partial charge in [0.15, 0.2) is 0 Å². The van der Waals surface area contributed by atoms with Crippen LogP contribution in [0.3, 0.4) is 0 Å². The van der Waals surface area contributed by atoms with Crippen LogP contribution in [0.15, 0.2) is 48.5 Å². The van der Waals surface area contributed by atoms with Gasteiger partial charge in [0, 0.05) is 27.9 Å². The zero-order valence-corrected chi connectivity index (χ0v) is 24.6. The van der Waals surface area contributed by atoms with Crippen LogP contribution in [-0.4, -0.2) is 28.7 Å². The number of ether oxygens (including phenoxy) is 1. The molecule has 214 valence electrons. The number of benzene rings is 5. The molecule has 2 aliphatic heterocycles. The molecule has 0 N–H and O–H groups in total. The van der Waals surface area contributed by atoms with Gasteiger partial charge in [-0.2, -0.15) is 0 Å². The van der Waals surface area contributed by atoms with E-state index in [1.54, 1.807) is 4.90 Å². The minimum absolute atomic E-state index is 0.0780. The molecule has 7 rings (SSSR count). The van der Waals surface area contributed by atoms with Crippen LogP contribution in [0, 0.1) is 0 Å². The number of nitrogens with zero attached hydrogens (tertiary/aromatic N) is 1. The summed E-state index contributed by atoms with van der Waals surface area (Å²) in [5.74, 6) is -0.616. The Bertz CT molecular complexity index is 1800. The summed E-state index contributed by atoms with van der Waals surface area (Å²) in [7, 11) is 0. The van der Waals surface area contributed by atoms with E-state index in [0.29, 0.717) is 16.7 Å². The highest BCUT2D eigenvalue weighted by Gasteiger charge is 2.38. The third kappa shape index (κ3) is 4.00. The molecule has 42 heavy (non-hydrogen) atoms. The number of unbranched alkanes of at least 4 members (excludes halogenated alkanes) is 6. The SMILES string of the molecule is CCCCCCC(CCCCCC)N1C(=O)c2ccc3c4ccc5c6c(ccc(c7ccc(c2c37)C1=O)c64)C(=O)OC5. The van der Waals surface area contributed by atoms with Gasteiger partial charge >= 0.3 is 5.97 Å². The Morgan fingerprint density at radius 3 is 1.64 bits per heavy atom. The highest BCUT2D eigenvalue weighted by Crippen LogP contribution is 2.46. The molecule has 0 spiro atoms. The van der Waals surface area contributed by atoms with Gasteiger partial charge in [-0.3, -0.25) is 14.5 Å². The van der Waals surface area contributed by atoms with Crippen LogP contribution in [0.2, 0.25) is 0 Å². The van der Waals surface area contributed by atoms with Gasteiger partial charge < -0.3 is 4.74 Å². The van der Waals surface area contributed by atoms with Crippen molar-refractivity contribution in [3.8, 4) is 0 Å². The molecule has 5 aromatic carbocycles. The number of amides is 2. The van der Waals surface area contributed by atoms with Gasteiger partial charge in [0.1, 0.15) is 6.61 Å². The normalized spacial score (nSPS) is 14.8. The molecule has 0 unspecified atom stereocenters. The molecule has 5 nitrogen and oxygen atoms in total. The first-order chi connectivity index (χ1) is 20.5. The van der Waals surface area contributed by atoms with Gasteiger partial charge in [-0.05, 0) is 68.9 Å². The topological polar surface area (TPSA) is 63.7 Å². The molecule has 2 heterocycles. The zero-order chi connectivity index (χ0) is 29.0. The minimum atomic E-state index is -0.294. The average molecular weight is 560 g/mol. The standard InChI is InChI=1S/C37H37NO4/c1-3-5-7-9-11-23(12-10-8-6-4-2)38-35(39)28-18-15-26-24-14-13-22-21-42-37(41)30-20-17-25(32(24)31(22)30)27-16-19-29(36(38)40)34(28)33(26)27/h13-20,23H,3-12,21H2,1-2H3. The fraction of sp³-hybridized carbons (Fsp3) is 0.378. The van der Waals surface area contributed by atoms with E-state index in [1.807, 2.05) is 42.5 Å². The Morgan fingerprint density at radius 2 is 1.10 bits per heavy atom. The minimum Gasteiger partial charge on any atom is -0.457 e. The van der Waals surface area contributed by atoms with Crippen molar-refractivity contribution in [3.05, 3.63) is 70.8 Å². The lowest BCUT2D eigenvalue weighted by Crippen LogP contribution is -2.47. The van der Waals surface area contributed by atoms with Crippen LogP contribution >= 0.6 is 0 Å². The molecule has 0 fully saturated rings. The second kappa shape index (κ2) is 10.7. The second-order valence-electron chi connectivity index (χ2n) is 12.2. The van der Waals surface area contributed by atoms with Crippen molar-refractivity contribution >= 4 is 60.9 Å². The van der Waals surface area contributed by atoms with Gasteiger partial charge in [0.2, 0.25) is 0 Å². The maximum atomic E-state index is 14.2. The third-order valence-corrected chi connectivity index (χ3v) is 9.61. The number of hydrogen-bond acceptors (Lipinski definition) is 4. The molecule has 0 aromatic heterocycles. The smallest absolute Gasteiger partial charge is 0.339 e. The van der Waals surface area contributed by atoms with Crippen molar-refractivity contribution < 1.29 is 19.1 Å². The van der Waals surface area contributed by atoms with Crippen molar-refractivity contribution in [2.24, 2.45) is 0 Å². The summed E-state index contributed by atoms with van der Waals surface area (Å²) in [6, 6.07) is 15.8. The molecule has 0 atom stereocenters. The van der Waals surface area contributed by atoms with Gasteiger partial charge in [0.25, 0.3) is 11.8 Å². The zero-order valence-electron chi connectivity index (χ0n) is 24.6. The fourth-order valence-electron chi connectivity index (χ4n) is 7.53. The van der Waals surface area contributed by atoms with Crippen LogP contribution in [0.1, 0.15) is 115 Å². The summed E-state index contributed by atoms with van der Waals surface area (Å²) in [5.41, 5.74) is 2.84. The summed E-state index contributed by atoms with van der Waals surface area (Å²) < 4.78 is 5.41. The fourth-order valence-corrected chi connectivity index (χ4v) is 7.53. The second-order valence-corrected chi connectivity index (χ2v) is 12.2. The third-order valence-electron chi connectivity index (χ3n) is 9.61. The maximum Gasteiger partial charge on any atom is 0.339 e. The van der Waals surface area contributed by atoms with Crippen molar-refractivity contribution in [1.29, 1.82) is 0 Å². The number of carbonyl (C=O) groups excluding carboxylic acids is 3. The molecule has 5 heteroatoms. The highest BCUT2D eigenvalue weighted by atomic mass is 16.5. The van der Waals surface area contributed by atoms with E-state index in [9.17, 15) is 14.4 Å². The monoisotopic (exact) mass is 559 g/mol. The molecular formula is C37H37NO4. The number of cyclic esters (lactones) is 1. The number of hydrogen-bond donors (Lipinski definition) is 0. The summed E-state index contributed by atoms with van der Waals surface area (Å²) in [6.45, 7) is 4.67. The number of rotatable bonds is 11. The van der Waals surface area contributed by atoms with Crippen LogP contribution < -0.4 is 0 Å². The molecule has 0 radical (unpaired) electrons. The Hall–Kier alpha value is -3.99. The number of esters is 1. The van der Waals surface area contributed by atoms with E-state index in [4.69, 9.17) is 4.74 Å². The molecule has 0 saturated carbocycles. The first kappa shape index (κ1) is 26.9. The van der Waals surface area contributed by atoms with E-state index >= 15 is 0 Å². The molecular weight excluding hydrogens is 522 g/mol. The first-order valence-electron chi connectivity index (χ1n) is 15.8. The Balaban J connectivity index is 1.38. The lowest BCUT2D eigenvalue weighted by atomic mass is 9.82. The number of carbonyl (C=O) groups is 3. The van der Waals surface area contributed by atoms with Gasteiger partial charge in [-0.25, -0.2) is 4.79 Å². The Labute approximate surface area is 246 Å². The van der Waals surface area contributed by atoms with E-state index in [2.05, 4.69) is 19.9 Å². The number of imide groups is 1. The summed E-state index contributed by atoms with van der Waals surface area (Å²) in [4.78, 5) is 42.7. The molecule has 5 aromatic rings. The molecule has 0 saturated heterocycles. The van der Waals surface area contributed by atoms with Crippen LogP contribution in [-0.2, 0) is 11.3 Å². The predicted molar refractivity (Wildman–Crippen MR) is 169 cm³/mol. The van der Waals surface area contributed by atoms with Gasteiger partial charge in [-0.1, -0.05) is 95.5 Å². The Kier molecular flexibility index (Phi) is 6.84. The summed E-state index contributed by atoms with van der Waals surface area (Å²) in [6.07, 6.45) is 10.7. The van der Waals surface area contributed by atoms with Crippen LogP contribution in [0.5, 0.6) is 0 Å². The predicted octanol–water partition coefficient (Wildman–Crippen LogP) is 9.31. The average Bonchev–Trinajstić information content (AvgIpc) is 3.01. The summed E-state index contributed by atoms with van der Waals surface area (Å²) >= 11 is 0. The van der Waals surface area contributed by atoms with Crippen molar-refractivity contribution in [3.63, 3.8) is 0 Å². The van der Waals surface area contributed by atoms with Crippen molar-refractivity contribution in [2.45, 2.75) is 90.7 Å². The Morgan fingerprint density at radius 1 is 0.595 bits per heavy atom.